The van der Waals surface area contributed by atoms with Crippen LogP contribution in [0.15, 0.2) is 34.8 Å². The maximum absolute atomic E-state index is 12.1. The van der Waals surface area contributed by atoms with E-state index in [0.717, 1.165) is 4.47 Å². The minimum atomic E-state index is -0.118. The molecule has 2 heterocycles. The Balaban J connectivity index is 1.94. The summed E-state index contributed by atoms with van der Waals surface area (Å²) in [5.74, 6) is 0.557. The molecule has 0 atom stereocenters. The van der Waals surface area contributed by atoms with Gasteiger partial charge < -0.3 is 4.74 Å². The Kier molecular flexibility index (Phi) is 3.58. The molecule has 0 spiro atoms. The van der Waals surface area contributed by atoms with Gasteiger partial charge in [0, 0.05) is 4.47 Å². The van der Waals surface area contributed by atoms with Crippen LogP contribution in [0.5, 0.6) is 5.75 Å². The van der Waals surface area contributed by atoms with Crippen molar-refractivity contribution in [3.05, 3.63) is 45.7 Å². The molecule has 1 aliphatic heterocycles. The molecule has 3 rings (SSSR count). The molecule has 2 aromatic rings. The molecule has 0 saturated heterocycles. The molecule has 1 aromatic heterocycles. The largest absolute Gasteiger partial charge is 0.482 e. The molecule has 7 heteroatoms. The number of halogens is 2. The summed E-state index contributed by atoms with van der Waals surface area (Å²) in [6.45, 7) is 0.353. The van der Waals surface area contributed by atoms with Gasteiger partial charge in [-0.25, -0.2) is 0 Å². The number of carbonyl (C=O) groups excluding carboxylic acids is 1. The van der Waals surface area contributed by atoms with Crippen molar-refractivity contribution in [3.8, 4) is 5.75 Å². The number of ether oxygens (including phenoxy) is 1. The van der Waals surface area contributed by atoms with Crippen LogP contribution in [0.1, 0.15) is 5.69 Å². The molecule has 1 aliphatic rings. The van der Waals surface area contributed by atoms with Crippen molar-refractivity contribution in [1.82, 2.24) is 10.2 Å². The summed E-state index contributed by atoms with van der Waals surface area (Å²) in [4.78, 5) is 13.7. The smallest absolute Gasteiger partial charge is 0.265 e. The quantitative estimate of drug-likeness (QED) is 0.832. The first-order valence-corrected chi connectivity index (χ1v) is 7.01. The van der Waals surface area contributed by atoms with Gasteiger partial charge in [0.25, 0.3) is 5.91 Å². The van der Waals surface area contributed by atoms with E-state index < -0.39 is 0 Å². The fraction of sp³-hybridized carbons (Fsp3) is 0.154. The van der Waals surface area contributed by atoms with Gasteiger partial charge in [-0.05, 0) is 30.3 Å². The van der Waals surface area contributed by atoms with Crippen molar-refractivity contribution in [3.63, 3.8) is 0 Å². The summed E-state index contributed by atoms with van der Waals surface area (Å²) < 4.78 is 6.29. The van der Waals surface area contributed by atoms with E-state index >= 15 is 0 Å². The molecule has 1 aromatic carbocycles. The van der Waals surface area contributed by atoms with Gasteiger partial charge in [0.1, 0.15) is 5.75 Å². The molecule has 0 unspecified atom stereocenters. The highest BCUT2D eigenvalue weighted by molar-refractivity contribution is 9.10. The number of rotatable bonds is 2. The minimum absolute atomic E-state index is 0.0235. The fourth-order valence-corrected chi connectivity index (χ4v) is 2.39. The van der Waals surface area contributed by atoms with Crippen LogP contribution < -0.4 is 9.64 Å². The summed E-state index contributed by atoms with van der Waals surface area (Å²) in [5, 5.41) is 8.08. The van der Waals surface area contributed by atoms with Gasteiger partial charge in [-0.3, -0.25) is 9.69 Å². The summed E-state index contributed by atoms with van der Waals surface area (Å²) in [6, 6.07) is 8.93. The first-order valence-electron chi connectivity index (χ1n) is 5.84. The number of hydrogen-bond donors (Lipinski definition) is 0. The third-order valence-corrected chi connectivity index (χ3v) is 3.57. The minimum Gasteiger partial charge on any atom is -0.482 e. The van der Waals surface area contributed by atoms with Crippen LogP contribution in [0, 0.1) is 0 Å². The molecule has 0 aliphatic carbocycles. The predicted molar refractivity (Wildman–Crippen MR) is 77.9 cm³/mol. The van der Waals surface area contributed by atoms with Crippen molar-refractivity contribution in [2.75, 3.05) is 11.5 Å². The molecule has 20 heavy (non-hydrogen) atoms. The van der Waals surface area contributed by atoms with Crippen molar-refractivity contribution in [2.45, 2.75) is 6.54 Å². The topological polar surface area (TPSA) is 55.3 Å². The average Bonchev–Trinajstić information content (AvgIpc) is 2.44. The maximum atomic E-state index is 12.1. The Morgan fingerprint density at radius 3 is 2.90 bits per heavy atom. The Labute approximate surface area is 128 Å². The molecule has 0 fully saturated rings. The molecular weight excluding hydrogens is 346 g/mol. The number of fused-ring (bicyclic) bond motifs is 1. The first-order chi connectivity index (χ1) is 9.63. The van der Waals surface area contributed by atoms with Crippen LogP contribution in [0.2, 0.25) is 5.15 Å². The molecule has 0 saturated carbocycles. The van der Waals surface area contributed by atoms with E-state index in [1.54, 1.807) is 17.0 Å². The lowest BCUT2D eigenvalue weighted by molar-refractivity contribution is -0.121. The second-order valence-corrected chi connectivity index (χ2v) is 5.53. The van der Waals surface area contributed by atoms with E-state index in [-0.39, 0.29) is 12.5 Å². The molecule has 0 bridgehead atoms. The lowest BCUT2D eigenvalue weighted by atomic mass is 10.2. The van der Waals surface area contributed by atoms with E-state index in [2.05, 4.69) is 26.1 Å². The molecule has 0 N–H and O–H groups in total. The van der Waals surface area contributed by atoms with Crippen LogP contribution in [0.25, 0.3) is 0 Å². The molecule has 1 amide bonds. The van der Waals surface area contributed by atoms with Crippen LogP contribution in [0.3, 0.4) is 0 Å². The SMILES string of the molecule is O=C1COc2ccc(Br)cc2N1Cc1ccc(Cl)nn1. The van der Waals surface area contributed by atoms with Gasteiger partial charge in [-0.1, -0.05) is 27.5 Å². The first kappa shape index (κ1) is 13.3. The Morgan fingerprint density at radius 1 is 1.30 bits per heavy atom. The summed E-state index contributed by atoms with van der Waals surface area (Å²) in [7, 11) is 0. The Bertz CT molecular complexity index is 663. The zero-order valence-corrected chi connectivity index (χ0v) is 12.6. The normalized spacial score (nSPS) is 13.9. The van der Waals surface area contributed by atoms with Gasteiger partial charge in [-0.2, -0.15) is 5.10 Å². The monoisotopic (exact) mass is 353 g/mol. The maximum Gasteiger partial charge on any atom is 0.265 e. The molecule has 0 radical (unpaired) electrons. The van der Waals surface area contributed by atoms with E-state index in [4.69, 9.17) is 16.3 Å². The standard InChI is InChI=1S/C13H9BrClN3O2/c14-8-1-3-11-10(5-8)18(13(19)7-20-11)6-9-2-4-12(15)17-16-9/h1-5H,6-7H2. The number of hydrogen-bond acceptors (Lipinski definition) is 4. The summed E-state index contributed by atoms with van der Waals surface area (Å²) >= 11 is 9.10. The molecule has 102 valence electrons. The third kappa shape index (κ3) is 2.62. The van der Waals surface area contributed by atoms with Gasteiger partial charge in [-0.15, -0.1) is 5.10 Å². The van der Waals surface area contributed by atoms with E-state index in [1.165, 1.54) is 0 Å². The van der Waals surface area contributed by atoms with E-state index in [1.807, 2.05) is 18.2 Å². The number of carbonyl (C=O) groups is 1. The van der Waals surface area contributed by atoms with Gasteiger partial charge in [0.15, 0.2) is 11.8 Å². The Hall–Kier alpha value is -1.66. The third-order valence-electron chi connectivity index (χ3n) is 2.87. The van der Waals surface area contributed by atoms with Gasteiger partial charge in [0.2, 0.25) is 0 Å². The highest BCUT2D eigenvalue weighted by Crippen LogP contribution is 2.35. The molecule has 5 nitrogen and oxygen atoms in total. The molecular formula is C13H9BrClN3O2. The highest BCUT2D eigenvalue weighted by Gasteiger charge is 2.26. The average molecular weight is 355 g/mol. The lowest BCUT2D eigenvalue weighted by Gasteiger charge is -2.29. The van der Waals surface area contributed by atoms with Crippen LogP contribution in [0.4, 0.5) is 5.69 Å². The number of anilines is 1. The van der Waals surface area contributed by atoms with E-state index in [9.17, 15) is 4.79 Å². The van der Waals surface area contributed by atoms with Gasteiger partial charge >= 0.3 is 0 Å². The zero-order chi connectivity index (χ0) is 14.1. The van der Waals surface area contributed by atoms with Crippen molar-refractivity contribution < 1.29 is 9.53 Å². The highest BCUT2D eigenvalue weighted by atomic mass is 79.9. The number of nitrogens with zero attached hydrogens (tertiary/aromatic N) is 3. The Morgan fingerprint density at radius 2 is 2.15 bits per heavy atom. The second-order valence-electron chi connectivity index (χ2n) is 4.23. The van der Waals surface area contributed by atoms with Crippen molar-refractivity contribution in [1.29, 1.82) is 0 Å². The van der Waals surface area contributed by atoms with E-state index in [0.29, 0.717) is 28.8 Å². The lowest BCUT2D eigenvalue weighted by Crippen LogP contribution is -2.38. The van der Waals surface area contributed by atoms with Crippen molar-refractivity contribution >= 4 is 39.1 Å². The van der Waals surface area contributed by atoms with Crippen LogP contribution >= 0.6 is 27.5 Å². The van der Waals surface area contributed by atoms with Gasteiger partial charge in [0.05, 0.1) is 17.9 Å². The zero-order valence-electron chi connectivity index (χ0n) is 10.2. The van der Waals surface area contributed by atoms with Crippen LogP contribution in [-0.4, -0.2) is 22.7 Å². The number of benzene rings is 1. The summed E-state index contributed by atoms with van der Waals surface area (Å²) in [6.07, 6.45) is 0. The second kappa shape index (κ2) is 5.38. The fourth-order valence-electron chi connectivity index (χ4n) is 1.94. The predicted octanol–water partition coefficient (Wildman–Crippen LogP) is 2.82. The number of aromatic nitrogens is 2. The van der Waals surface area contributed by atoms with Crippen molar-refractivity contribution in [2.24, 2.45) is 0 Å². The number of amides is 1. The van der Waals surface area contributed by atoms with Crippen LogP contribution in [-0.2, 0) is 11.3 Å². The summed E-state index contributed by atoms with van der Waals surface area (Å²) in [5.41, 5.74) is 1.38.